The minimum Gasteiger partial charge on any atom is -0.453 e. The van der Waals surface area contributed by atoms with Crippen molar-refractivity contribution < 1.29 is 8.81 Å². The molecule has 6 heteroatoms. The number of hydrogen-bond acceptors (Lipinski definition) is 2. The van der Waals surface area contributed by atoms with Gasteiger partial charge in [0.15, 0.2) is 5.22 Å². The first-order valence-corrected chi connectivity index (χ1v) is 7.20. The van der Waals surface area contributed by atoms with Crippen molar-refractivity contribution in [3.8, 4) is 0 Å². The molecule has 0 aliphatic rings. The van der Waals surface area contributed by atoms with Crippen LogP contribution in [0, 0.1) is 5.82 Å². The van der Waals surface area contributed by atoms with E-state index < -0.39 is 11.9 Å². The van der Waals surface area contributed by atoms with Crippen LogP contribution in [-0.2, 0) is 0 Å². The SMILES string of the molecule is CCNC(c1ccoc1Cl)c1ccc(Br)c(Cl)c1F. The third kappa shape index (κ3) is 2.97. The van der Waals surface area contributed by atoms with Crippen molar-refractivity contribution in [3.63, 3.8) is 0 Å². The minimum absolute atomic E-state index is 0.0556. The summed E-state index contributed by atoms with van der Waals surface area (Å²) in [5.74, 6) is -0.473. The van der Waals surface area contributed by atoms with Gasteiger partial charge in [0.25, 0.3) is 0 Å². The summed E-state index contributed by atoms with van der Waals surface area (Å²) >= 11 is 15.1. The molecular weight excluding hydrogens is 356 g/mol. The molecule has 1 heterocycles. The largest absolute Gasteiger partial charge is 0.453 e. The van der Waals surface area contributed by atoms with Crippen molar-refractivity contribution in [3.05, 3.63) is 56.1 Å². The molecule has 0 saturated carbocycles. The Morgan fingerprint density at radius 3 is 2.63 bits per heavy atom. The molecule has 1 aromatic carbocycles. The maximum absolute atomic E-state index is 14.3. The van der Waals surface area contributed by atoms with E-state index in [0.717, 1.165) is 0 Å². The molecule has 0 fully saturated rings. The van der Waals surface area contributed by atoms with Gasteiger partial charge in [0, 0.05) is 15.6 Å². The van der Waals surface area contributed by atoms with Crippen molar-refractivity contribution in [2.45, 2.75) is 13.0 Å². The van der Waals surface area contributed by atoms with Crippen LogP contribution in [0.2, 0.25) is 10.2 Å². The van der Waals surface area contributed by atoms with Gasteiger partial charge in [-0.3, -0.25) is 0 Å². The minimum atomic E-state index is -0.473. The van der Waals surface area contributed by atoms with Crippen LogP contribution in [0.25, 0.3) is 0 Å². The lowest BCUT2D eigenvalue weighted by Gasteiger charge is -2.19. The summed E-state index contributed by atoms with van der Waals surface area (Å²) in [5.41, 5.74) is 1.11. The standard InChI is InChI=1S/C13H11BrCl2FNO/c1-2-18-12(8-5-6-19-13(8)16)7-3-4-9(14)10(15)11(7)17/h3-6,12,18H,2H2,1H3. The van der Waals surface area contributed by atoms with E-state index in [4.69, 9.17) is 27.6 Å². The molecular formula is C13H11BrCl2FNO. The Hall–Kier alpha value is -0.550. The molecule has 2 aromatic rings. The summed E-state index contributed by atoms with van der Waals surface area (Å²) in [7, 11) is 0. The van der Waals surface area contributed by atoms with Crippen LogP contribution in [0.3, 0.4) is 0 Å². The van der Waals surface area contributed by atoms with Crippen LogP contribution in [0.4, 0.5) is 4.39 Å². The van der Waals surface area contributed by atoms with Gasteiger partial charge in [-0.2, -0.15) is 0 Å². The summed E-state index contributed by atoms with van der Waals surface area (Å²) < 4.78 is 19.9. The van der Waals surface area contributed by atoms with Crippen molar-refractivity contribution >= 4 is 39.1 Å². The highest BCUT2D eigenvalue weighted by Gasteiger charge is 2.23. The van der Waals surface area contributed by atoms with E-state index in [9.17, 15) is 4.39 Å². The van der Waals surface area contributed by atoms with E-state index >= 15 is 0 Å². The van der Waals surface area contributed by atoms with E-state index in [1.807, 2.05) is 6.92 Å². The van der Waals surface area contributed by atoms with Crippen LogP contribution in [0.15, 0.2) is 33.4 Å². The highest BCUT2D eigenvalue weighted by Crippen LogP contribution is 2.35. The number of halogens is 4. The number of hydrogen-bond donors (Lipinski definition) is 1. The summed E-state index contributed by atoms with van der Waals surface area (Å²) in [6.07, 6.45) is 1.47. The average Bonchev–Trinajstić information content (AvgIpc) is 2.80. The topological polar surface area (TPSA) is 25.2 Å². The lowest BCUT2D eigenvalue weighted by atomic mass is 10.0. The Morgan fingerprint density at radius 2 is 2.05 bits per heavy atom. The zero-order valence-electron chi connectivity index (χ0n) is 10.0. The summed E-state index contributed by atoms with van der Waals surface area (Å²) in [5, 5.41) is 3.47. The fourth-order valence-corrected chi connectivity index (χ4v) is 2.57. The second-order valence-electron chi connectivity index (χ2n) is 3.90. The summed E-state index contributed by atoms with van der Waals surface area (Å²) in [4.78, 5) is 0. The van der Waals surface area contributed by atoms with Crippen LogP contribution >= 0.6 is 39.1 Å². The Labute approximate surface area is 129 Å². The number of benzene rings is 1. The third-order valence-corrected chi connectivity index (χ3v) is 4.31. The van der Waals surface area contributed by atoms with Crippen molar-refractivity contribution in [1.82, 2.24) is 5.32 Å². The van der Waals surface area contributed by atoms with Gasteiger partial charge in [0.2, 0.25) is 0 Å². The maximum atomic E-state index is 14.3. The van der Waals surface area contributed by atoms with Crippen LogP contribution < -0.4 is 5.32 Å². The van der Waals surface area contributed by atoms with Crippen LogP contribution in [0.1, 0.15) is 24.1 Å². The predicted molar refractivity (Wildman–Crippen MR) is 78.3 cm³/mol. The van der Waals surface area contributed by atoms with Gasteiger partial charge < -0.3 is 9.73 Å². The second kappa shape index (κ2) is 6.27. The van der Waals surface area contributed by atoms with Crippen LogP contribution in [-0.4, -0.2) is 6.54 Å². The smallest absolute Gasteiger partial charge is 0.198 e. The third-order valence-electron chi connectivity index (χ3n) is 2.74. The molecule has 0 bridgehead atoms. The maximum Gasteiger partial charge on any atom is 0.198 e. The van der Waals surface area contributed by atoms with Crippen molar-refractivity contribution in [2.75, 3.05) is 6.54 Å². The molecule has 19 heavy (non-hydrogen) atoms. The van der Waals surface area contributed by atoms with Gasteiger partial charge >= 0.3 is 0 Å². The van der Waals surface area contributed by atoms with E-state index in [0.29, 0.717) is 22.1 Å². The molecule has 2 nitrogen and oxygen atoms in total. The molecule has 1 atom stereocenters. The fourth-order valence-electron chi connectivity index (χ4n) is 1.87. The Balaban J connectivity index is 2.52. The molecule has 0 amide bonds. The Kier molecular flexibility index (Phi) is 4.90. The van der Waals surface area contributed by atoms with Gasteiger partial charge in [0.1, 0.15) is 5.82 Å². The lowest BCUT2D eigenvalue weighted by Crippen LogP contribution is -2.23. The molecule has 0 aliphatic heterocycles. The second-order valence-corrected chi connectivity index (χ2v) is 5.48. The van der Waals surface area contributed by atoms with Crippen molar-refractivity contribution in [2.24, 2.45) is 0 Å². The number of nitrogens with one attached hydrogen (secondary N) is 1. The quantitative estimate of drug-likeness (QED) is 0.753. The van der Waals surface area contributed by atoms with Gasteiger partial charge in [-0.1, -0.05) is 24.6 Å². The summed E-state index contributed by atoms with van der Waals surface area (Å²) in [6.45, 7) is 2.58. The average molecular weight is 367 g/mol. The molecule has 1 unspecified atom stereocenters. The highest BCUT2D eigenvalue weighted by molar-refractivity contribution is 9.10. The van der Waals surface area contributed by atoms with Crippen molar-refractivity contribution in [1.29, 1.82) is 0 Å². The fraction of sp³-hybridized carbons (Fsp3) is 0.231. The van der Waals surface area contributed by atoms with Gasteiger partial charge in [-0.05, 0) is 46.2 Å². The molecule has 2 rings (SSSR count). The highest BCUT2D eigenvalue weighted by atomic mass is 79.9. The monoisotopic (exact) mass is 365 g/mol. The Morgan fingerprint density at radius 1 is 1.32 bits per heavy atom. The molecule has 1 N–H and O–H groups in total. The summed E-state index contributed by atoms with van der Waals surface area (Å²) in [6, 6.07) is 4.69. The van der Waals surface area contributed by atoms with E-state index in [-0.39, 0.29) is 10.2 Å². The zero-order chi connectivity index (χ0) is 14.0. The van der Waals surface area contributed by atoms with E-state index in [2.05, 4.69) is 21.2 Å². The first kappa shape index (κ1) is 14.9. The van der Waals surface area contributed by atoms with Gasteiger partial charge in [-0.15, -0.1) is 0 Å². The zero-order valence-corrected chi connectivity index (χ0v) is 13.1. The molecule has 102 valence electrons. The molecule has 1 aromatic heterocycles. The normalized spacial score (nSPS) is 12.7. The van der Waals surface area contributed by atoms with E-state index in [1.54, 1.807) is 18.2 Å². The predicted octanol–water partition coefficient (Wildman–Crippen LogP) is 5.19. The van der Waals surface area contributed by atoms with Crippen LogP contribution in [0.5, 0.6) is 0 Å². The lowest BCUT2D eigenvalue weighted by molar-refractivity contribution is 0.539. The van der Waals surface area contributed by atoms with Gasteiger partial charge in [-0.25, -0.2) is 4.39 Å². The van der Waals surface area contributed by atoms with Gasteiger partial charge in [0.05, 0.1) is 17.3 Å². The molecule has 0 radical (unpaired) electrons. The molecule has 0 saturated heterocycles. The molecule has 0 spiro atoms. The first-order chi connectivity index (χ1) is 9.06. The number of rotatable bonds is 4. The Bertz CT molecular complexity index is 588. The number of furan rings is 1. The van der Waals surface area contributed by atoms with E-state index in [1.165, 1.54) is 6.26 Å². The first-order valence-electron chi connectivity index (χ1n) is 5.66. The molecule has 0 aliphatic carbocycles.